The van der Waals surface area contributed by atoms with E-state index in [0.29, 0.717) is 24.8 Å². The predicted molar refractivity (Wildman–Crippen MR) is 93.8 cm³/mol. The first-order chi connectivity index (χ1) is 11.5. The van der Waals surface area contributed by atoms with Crippen LogP contribution in [0.25, 0.3) is 0 Å². The van der Waals surface area contributed by atoms with Gasteiger partial charge < -0.3 is 20.1 Å². The molecule has 0 saturated carbocycles. The quantitative estimate of drug-likeness (QED) is 0.632. The third kappa shape index (κ3) is 4.97. The molecule has 1 fully saturated rings. The van der Waals surface area contributed by atoms with Crippen LogP contribution in [0.1, 0.15) is 50.5 Å². The second-order valence-electron chi connectivity index (χ2n) is 6.58. The van der Waals surface area contributed by atoms with E-state index in [2.05, 4.69) is 39.5 Å². The first-order valence-electron chi connectivity index (χ1n) is 8.65. The molecule has 1 aliphatic rings. The van der Waals surface area contributed by atoms with Crippen molar-refractivity contribution in [2.45, 2.75) is 45.6 Å². The molecule has 1 saturated heterocycles. The van der Waals surface area contributed by atoms with Gasteiger partial charge in [0.25, 0.3) is 0 Å². The van der Waals surface area contributed by atoms with Crippen LogP contribution >= 0.6 is 0 Å². The molecule has 7 nitrogen and oxygen atoms in total. The number of carbonyl (C=O) groups is 1. The van der Waals surface area contributed by atoms with Crippen molar-refractivity contribution in [2.75, 3.05) is 27.2 Å². The monoisotopic (exact) mass is 335 g/mol. The molecule has 1 amide bonds. The number of guanidine groups is 1. The Kier molecular flexibility index (Phi) is 6.63. The predicted octanol–water partition coefficient (Wildman–Crippen LogP) is 1.72. The molecule has 2 N–H and O–H groups in total. The van der Waals surface area contributed by atoms with Gasteiger partial charge in [0.2, 0.25) is 5.91 Å². The SMILES string of the molecule is CN=C(NCc1cc(C(C)C)no1)N1CCC(CC(=O)NC)CC1. The Hall–Kier alpha value is -2.05. The van der Waals surface area contributed by atoms with Crippen molar-refractivity contribution in [2.24, 2.45) is 10.9 Å². The van der Waals surface area contributed by atoms with E-state index in [1.807, 2.05) is 6.07 Å². The molecular formula is C17H29N5O2. The van der Waals surface area contributed by atoms with Gasteiger partial charge in [-0.05, 0) is 24.7 Å². The number of rotatable bonds is 5. The fraction of sp³-hybridized carbons (Fsp3) is 0.706. The zero-order valence-corrected chi connectivity index (χ0v) is 15.1. The van der Waals surface area contributed by atoms with Crippen molar-refractivity contribution in [3.8, 4) is 0 Å². The number of likely N-dealkylation sites (tertiary alicyclic amines) is 1. The van der Waals surface area contributed by atoms with E-state index in [-0.39, 0.29) is 5.91 Å². The summed E-state index contributed by atoms with van der Waals surface area (Å²) < 4.78 is 5.35. The van der Waals surface area contributed by atoms with Gasteiger partial charge in [-0.1, -0.05) is 19.0 Å². The van der Waals surface area contributed by atoms with Crippen molar-refractivity contribution in [3.63, 3.8) is 0 Å². The molecule has 1 aromatic heterocycles. The van der Waals surface area contributed by atoms with Crippen LogP contribution in [0, 0.1) is 5.92 Å². The number of aromatic nitrogens is 1. The lowest BCUT2D eigenvalue weighted by molar-refractivity contribution is -0.121. The van der Waals surface area contributed by atoms with Gasteiger partial charge in [-0.15, -0.1) is 0 Å². The van der Waals surface area contributed by atoms with Crippen molar-refractivity contribution >= 4 is 11.9 Å². The largest absolute Gasteiger partial charge is 0.359 e. The van der Waals surface area contributed by atoms with Gasteiger partial charge >= 0.3 is 0 Å². The van der Waals surface area contributed by atoms with Gasteiger partial charge in [0, 0.05) is 39.7 Å². The van der Waals surface area contributed by atoms with Crippen LogP contribution in [-0.2, 0) is 11.3 Å². The highest BCUT2D eigenvalue weighted by molar-refractivity contribution is 5.80. The van der Waals surface area contributed by atoms with E-state index >= 15 is 0 Å². The Labute approximate surface area is 143 Å². The molecule has 0 radical (unpaired) electrons. The van der Waals surface area contributed by atoms with Crippen LogP contribution in [0.15, 0.2) is 15.6 Å². The number of nitrogens with one attached hydrogen (secondary N) is 2. The second-order valence-corrected chi connectivity index (χ2v) is 6.58. The van der Waals surface area contributed by atoms with Crippen LogP contribution in [0.2, 0.25) is 0 Å². The van der Waals surface area contributed by atoms with Crippen LogP contribution in [0.4, 0.5) is 0 Å². The van der Waals surface area contributed by atoms with Gasteiger partial charge in [0.15, 0.2) is 11.7 Å². The minimum Gasteiger partial charge on any atom is -0.359 e. The molecular weight excluding hydrogens is 306 g/mol. The average molecular weight is 335 g/mol. The molecule has 24 heavy (non-hydrogen) atoms. The highest BCUT2D eigenvalue weighted by Gasteiger charge is 2.23. The summed E-state index contributed by atoms with van der Waals surface area (Å²) in [7, 11) is 3.48. The minimum atomic E-state index is 0.127. The molecule has 0 spiro atoms. The molecule has 0 bridgehead atoms. The Balaban J connectivity index is 1.81. The summed E-state index contributed by atoms with van der Waals surface area (Å²) in [4.78, 5) is 18.1. The fourth-order valence-corrected chi connectivity index (χ4v) is 2.90. The van der Waals surface area contributed by atoms with E-state index in [9.17, 15) is 4.79 Å². The van der Waals surface area contributed by atoms with Crippen LogP contribution in [0.5, 0.6) is 0 Å². The maximum atomic E-state index is 11.5. The topological polar surface area (TPSA) is 82.8 Å². The van der Waals surface area contributed by atoms with Crippen molar-refractivity contribution in [1.29, 1.82) is 0 Å². The summed E-state index contributed by atoms with van der Waals surface area (Å²) in [5, 5.41) is 10.1. The van der Waals surface area contributed by atoms with Crippen molar-refractivity contribution in [1.82, 2.24) is 20.7 Å². The number of aliphatic imine (C=N–C) groups is 1. The van der Waals surface area contributed by atoms with Gasteiger partial charge in [0.1, 0.15) is 0 Å². The minimum absolute atomic E-state index is 0.127. The lowest BCUT2D eigenvalue weighted by atomic mass is 9.93. The normalized spacial score (nSPS) is 16.5. The van der Waals surface area contributed by atoms with Gasteiger partial charge in [0.05, 0.1) is 12.2 Å². The maximum Gasteiger partial charge on any atom is 0.220 e. The van der Waals surface area contributed by atoms with E-state index in [4.69, 9.17) is 4.52 Å². The van der Waals surface area contributed by atoms with E-state index in [1.165, 1.54) is 0 Å². The molecule has 0 aromatic carbocycles. The average Bonchev–Trinajstić information content (AvgIpc) is 3.06. The highest BCUT2D eigenvalue weighted by atomic mass is 16.5. The lowest BCUT2D eigenvalue weighted by Gasteiger charge is -2.33. The number of hydrogen-bond donors (Lipinski definition) is 2. The molecule has 2 rings (SSSR count). The third-order valence-corrected chi connectivity index (χ3v) is 4.47. The van der Waals surface area contributed by atoms with Gasteiger partial charge in [-0.2, -0.15) is 0 Å². The first-order valence-corrected chi connectivity index (χ1v) is 8.65. The summed E-state index contributed by atoms with van der Waals surface area (Å²) in [5.74, 6) is 2.64. The number of amides is 1. The summed E-state index contributed by atoms with van der Waals surface area (Å²) in [6.45, 7) is 6.59. The number of nitrogens with zero attached hydrogens (tertiary/aromatic N) is 3. The van der Waals surface area contributed by atoms with Crippen LogP contribution in [-0.4, -0.2) is 49.1 Å². The fourth-order valence-electron chi connectivity index (χ4n) is 2.90. The van der Waals surface area contributed by atoms with Gasteiger partial charge in [-0.25, -0.2) is 0 Å². The van der Waals surface area contributed by atoms with E-state index in [1.54, 1.807) is 14.1 Å². The zero-order chi connectivity index (χ0) is 17.5. The molecule has 2 heterocycles. The summed E-state index contributed by atoms with van der Waals surface area (Å²) in [5.41, 5.74) is 0.969. The number of carbonyl (C=O) groups excluding carboxylic acids is 1. The van der Waals surface area contributed by atoms with Crippen LogP contribution < -0.4 is 10.6 Å². The second kappa shape index (κ2) is 8.70. The molecule has 134 valence electrons. The summed E-state index contributed by atoms with van der Waals surface area (Å²) in [6, 6.07) is 1.99. The smallest absolute Gasteiger partial charge is 0.220 e. The molecule has 0 atom stereocenters. The van der Waals surface area contributed by atoms with E-state index in [0.717, 1.165) is 43.3 Å². The summed E-state index contributed by atoms with van der Waals surface area (Å²) >= 11 is 0. The van der Waals surface area contributed by atoms with Crippen molar-refractivity contribution in [3.05, 3.63) is 17.5 Å². The molecule has 0 unspecified atom stereocenters. The number of hydrogen-bond acceptors (Lipinski definition) is 4. The standard InChI is InChI=1S/C17H29N5O2/c1-12(2)15-10-14(24-21-15)11-20-17(19-4)22-7-5-13(6-8-22)9-16(23)18-3/h10,12-13H,5-9,11H2,1-4H3,(H,18,23)(H,19,20). The van der Waals surface area contributed by atoms with Crippen LogP contribution in [0.3, 0.4) is 0 Å². The molecule has 1 aliphatic heterocycles. The lowest BCUT2D eigenvalue weighted by Crippen LogP contribution is -2.45. The third-order valence-electron chi connectivity index (χ3n) is 4.47. The highest BCUT2D eigenvalue weighted by Crippen LogP contribution is 2.20. The Morgan fingerprint density at radius 3 is 2.71 bits per heavy atom. The number of piperidine rings is 1. The molecule has 7 heteroatoms. The Bertz CT molecular complexity index is 559. The molecule has 1 aromatic rings. The maximum absolute atomic E-state index is 11.5. The Morgan fingerprint density at radius 1 is 1.46 bits per heavy atom. The zero-order valence-electron chi connectivity index (χ0n) is 15.1. The first kappa shape index (κ1) is 18.3. The van der Waals surface area contributed by atoms with E-state index < -0.39 is 0 Å². The van der Waals surface area contributed by atoms with Crippen molar-refractivity contribution < 1.29 is 9.32 Å². The molecule has 0 aliphatic carbocycles. The summed E-state index contributed by atoms with van der Waals surface area (Å²) in [6.07, 6.45) is 2.63. The Morgan fingerprint density at radius 2 is 2.17 bits per heavy atom. The van der Waals surface area contributed by atoms with Gasteiger partial charge in [-0.3, -0.25) is 9.79 Å².